The van der Waals surface area contributed by atoms with Crippen LogP contribution in [-0.4, -0.2) is 65.7 Å². The first-order chi connectivity index (χ1) is 12.5. The largest absolute Gasteiger partial charge is 0.334 e. The van der Waals surface area contributed by atoms with Crippen LogP contribution in [0.25, 0.3) is 6.08 Å². The number of nitrogens with one attached hydrogen (secondary N) is 1. The van der Waals surface area contributed by atoms with E-state index >= 15 is 0 Å². The van der Waals surface area contributed by atoms with Gasteiger partial charge in [0, 0.05) is 13.0 Å². The third kappa shape index (κ3) is 4.72. The Bertz CT molecular complexity index is 713. The second kappa shape index (κ2) is 8.79. The number of piperazine rings is 1. The molecule has 0 radical (unpaired) electrons. The first-order valence-electron chi connectivity index (χ1n) is 8.94. The third-order valence-corrected chi connectivity index (χ3v) is 6.21. The molecule has 3 rings (SSSR count). The van der Waals surface area contributed by atoms with Gasteiger partial charge in [-0.3, -0.25) is 14.5 Å². The van der Waals surface area contributed by atoms with Gasteiger partial charge in [-0.2, -0.15) is 0 Å². The van der Waals surface area contributed by atoms with Crippen molar-refractivity contribution in [3.8, 4) is 0 Å². The molecule has 2 amide bonds. The lowest BCUT2D eigenvalue weighted by molar-refractivity contribution is -0.883. The molecular weight excluding hydrogens is 366 g/mol. The quantitative estimate of drug-likeness (QED) is 0.614. The predicted molar refractivity (Wildman–Crippen MR) is 109 cm³/mol. The van der Waals surface area contributed by atoms with Gasteiger partial charge in [0.15, 0.2) is 0 Å². The first kappa shape index (κ1) is 19.1. The average molecular weight is 391 g/mol. The molecule has 0 aromatic heterocycles. The van der Waals surface area contributed by atoms with Crippen LogP contribution in [-0.2, 0) is 4.79 Å². The van der Waals surface area contributed by atoms with E-state index in [1.807, 2.05) is 41.3 Å². The fraction of sp³-hybridized carbons (Fsp3) is 0.421. The van der Waals surface area contributed by atoms with Crippen molar-refractivity contribution in [2.45, 2.75) is 12.8 Å². The lowest BCUT2D eigenvalue weighted by Crippen LogP contribution is -3.12. The van der Waals surface area contributed by atoms with Crippen LogP contribution < -0.4 is 4.90 Å². The summed E-state index contributed by atoms with van der Waals surface area (Å²) in [4.78, 5) is 31.0. The number of likely N-dealkylation sites (N-methyl/N-ethyl adjacent to an activating group) is 1. The van der Waals surface area contributed by atoms with E-state index in [4.69, 9.17) is 12.2 Å². The number of thioether (sulfide) groups is 1. The highest BCUT2D eigenvalue weighted by atomic mass is 32.2. The highest BCUT2D eigenvalue weighted by Gasteiger charge is 2.31. The molecule has 1 aromatic carbocycles. The van der Waals surface area contributed by atoms with Crippen molar-refractivity contribution < 1.29 is 14.5 Å². The summed E-state index contributed by atoms with van der Waals surface area (Å²) in [5.41, 5.74) is 1.03. The Morgan fingerprint density at radius 3 is 2.65 bits per heavy atom. The second-order valence-electron chi connectivity index (χ2n) is 6.69. The van der Waals surface area contributed by atoms with Gasteiger partial charge in [-0.05, 0) is 29.8 Å². The van der Waals surface area contributed by atoms with Gasteiger partial charge in [-0.15, -0.1) is 0 Å². The molecule has 2 fully saturated rings. The van der Waals surface area contributed by atoms with Crippen LogP contribution in [0.15, 0.2) is 35.2 Å². The van der Waals surface area contributed by atoms with Gasteiger partial charge in [0.2, 0.25) is 5.91 Å². The van der Waals surface area contributed by atoms with Gasteiger partial charge in [0.1, 0.15) is 4.99 Å². The minimum atomic E-state index is -0.0483. The lowest BCUT2D eigenvalue weighted by Gasteiger charge is -2.30. The van der Waals surface area contributed by atoms with Crippen LogP contribution in [0.4, 0.5) is 4.79 Å². The summed E-state index contributed by atoms with van der Waals surface area (Å²) in [5, 5.41) is -0.0483. The molecule has 2 aliphatic heterocycles. The summed E-state index contributed by atoms with van der Waals surface area (Å²) in [7, 11) is 2.15. The number of carbonyl (C=O) groups is 2. The molecule has 138 valence electrons. The molecule has 0 aliphatic carbocycles. The molecule has 0 unspecified atom stereocenters. The Labute approximate surface area is 164 Å². The maximum absolute atomic E-state index is 12.3. The normalized spacial score (nSPS) is 20.3. The van der Waals surface area contributed by atoms with Crippen LogP contribution in [0.2, 0.25) is 0 Å². The highest BCUT2D eigenvalue weighted by molar-refractivity contribution is 8.19. The topological polar surface area (TPSA) is 45.1 Å². The standard InChI is InChI=1S/C19H23N3O2S2/c1-20-10-12-21(13-11-20)17(23)8-5-9-22-18(25)16(26-19(22)24)14-15-6-3-2-4-7-15/h2-4,6-7,14H,5,8-13H2,1H3/p+1. The van der Waals surface area contributed by atoms with Gasteiger partial charge in [-0.1, -0.05) is 42.5 Å². The van der Waals surface area contributed by atoms with Crippen LogP contribution in [0.3, 0.4) is 0 Å². The van der Waals surface area contributed by atoms with Crippen molar-refractivity contribution in [3.05, 3.63) is 40.8 Å². The lowest BCUT2D eigenvalue weighted by atomic mass is 10.2. The molecule has 5 nitrogen and oxygen atoms in total. The maximum atomic E-state index is 12.3. The second-order valence-corrected chi connectivity index (χ2v) is 8.07. The molecule has 1 aromatic rings. The van der Waals surface area contributed by atoms with Crippen molar-refractivity contribution in [3.63, 3.8) is 0 Å². The summed E-state index contributed by atoms with van der Waals surface area (Å²) in [6.45, 7) is 4.16. The average Bonchev–Trinajstić information content (AvgIpc) is 2.90. The van der Waals surface area contributed by atoms with Gasteiger partial charge in [0.25, 0.3) is 5.24 Å². The summed E-state index contributed by atoms with van der Waals surface area (Å²) in [6.07, 6.45) is 3.06. The van der Waals surface area contributed by atoms with Crippen molar-refractivity contribution in [1.29, 1.82) is 0 Å². The number of rotatable bonds is 5. The molecule has 7 heteroatoms. The minimum absolute atomic E-state index is 0.0483. The molecule has 0 atom stereocenters. The Kier molecular flexibility index (Phi) is 6.45. The van der Waals surface area contributed by atoms with Crippen molar-refractivity contribution in [2.24, 2.45) is 0 Å². The maximum Gasteiger partial charge on any atom is 0.291 e. The molecule has 0 spiro atoms. The Balaban J connectivity index is 1.50. The number of hydrogen-bond acceptors (Lipinski definition) is 4. The molecule has 2 heterocycles. The van der Waals surface area contributed by atoms with E-state index < -0.39 is 0 Å². The number of amides is 2. The molecule has 0 saturated carbocycles. The van der Waals surface area contributed by atoms with E-state index in [-0.39, 0.29) is 11.1 Å². The monoisotopic (exact) mass is 390 g/mol. The van der Waals surface area contributed by atoms with Gasteiger partial charge < -0.3 is 9.80 Å². The fourth-order valence-electron chi connectivity index (χ4n) is 3.08. The number of nitrogens with zero attached hydrogens (tertiary/aromatic N) is 2. The van der Waals surface area contributed by atoms with E-state index in [0.29, 0.717) is 24.4 Å². The highest BCUT2D eigenvalue weighted by Crippen LogP contribution is 2.33. The molecule has 2 saturated heterocycles. The number of benzene rings is 1. The first-order valence-corrected chi connectivity index (χ1v) is 10.2. The fourth-order valence-corrected chi connectivity index (χ4v) is 4.37. The zero-order valence-corrected chi connectivity index (χ0v) is 16.6. The summed E-state index contributed by atoms with van der Waals surface area (Å²) < 4.78 is 0. The van der Waals surface area contributed by atoms with Crippen molar-refractivity contribution in [1.82, 2.24) is 9.80 Å². The molecule has 2 aliphatic rings. The Hall–Kier alpha value is -1.70. The van der Waals surface area contributed by atoms with Crippen LogP contribution in [0.5, 0.6) is 0 Å². The number of hydrogen-bond donors (Lipinski definition) is 1. The molecule has 26 heavy (non-hydrogen) atoms. The SMILES string of the molecule is C[NH+]1CCN(C(=O)CCCN2C(=O)SC(=Cc3ccccc3)C2=S)CC1. The predicted octanol–water partition coefficient (Wildman–Crippen LogP) is 1.66. The number of carbonyl (C=O) groups excluding carboxylic acids is 2. The molecule has 1 N–H and O–H groups in total. The van der Waals surface area contributed by atoms with Gasteiger partial charge in [0.05, 0.1) is 38.1 Å². The van der Waals surface area contributed by atoms with E-state index in [9.17, 15) is 9.59 Å². The van der Waals surface area contributed by atoms with Crippen LogP contribution >= 0.6 is 24.0 Å². The van der Waals surface area contributed by atoms with Gasteiger partial charge in [-0.25, -0.2) is 0 Å². The van der Waals surface area contributed by atoms with Crippen molar-refractivity contribution >= 4 is 46.2 Å². The molecule has 0 bridgehead atoms. The summed E-state index contributed by atoms with van der Waals surface area (Å²) >= 11 is 6.65. The Morgan fingerprint density at radius 2 is 1.96 bits per heavy atom. The van der Waals surface area contributed by atoms with Crippen LogP contribution in [0.1, 0.15) is 18.4 Å². The number of thiocarbonyl (C=S) groups is 1. The third-order valence-electron chi connectivity index (χ3n) is 4.71. The van der Waals surface area contributed by atoms with E-state index in [1.54, 1.807) is 4.90 Å². The van der Waals surface area contributed by atoms with E-state index in [1.165, 1.54) is 16.7 Å². The van der Waals surface area contributed by atoms with E-state index in [0.717, 1.165) is 36.6 Å². The minimum Gasteiger partial charge on any atom is -0.334 e. The van der Waals surface area contributed by atoms with Crippen molar-refractivity contribution in [2.75, 3.05) is 39.8 Å². The van der Waals surface area contributed by atoms with E-state index in [2.05, 4.69) is 7.05 Å². The smallest absolute Gasteiger partial charge is 0.291 e. The van der Waals surface area contributed by atoms with Gasteiger partial charge >= 0.3 is 0 Å². The number of quaternary nitrogens is 1. The van der Waals surface area contributed by atoms with Crippen LogP contribution in [0, 0.1) is 0 Å². The summed E-state index contributed by atoms with van der Waals surface area (Å²) in [6, 6.07) is 9.85. The summed E-state index contributed by atoms with van der Waals surface area (Å²) in [5.74, 6) is 0.183. The zero-order valence-electron chi connectivity index (χ0n) is 14.9. The zero-order chi connectivity index (χ0) is 18.5. The molecular formula is C19H24N3O2S2+. The Morgan fingerprint density at radius 1 is 1.27 bits per heavy atom.